The minimum absolute atomic E-state index is 0.159. The van der Waals surface area contributed by atoms with Crippen molar-refractivity contribution in [2.75, 3.05) is 0 Å². The Kier molecular flexibility index (Phi) is 7.55. The Balaban J connectivity index is 0. The first kappa shape index (κ1) is 16.8. The van der Waals surface area contributed by atoms with Crippen LogP contribution in [0.1, 0.15) is 55.4 Å². The molecule has 0 N–H and O–H groups in total. The largest absolute Gasteiger partial charge is 0.300 e. The van der Waals surface area contributed by atoms with Crippen LogP contribution in [-0.4, -0.2) is 11.6 Å². The molecule has 0 unspecified atom stereocenters. The molecule has 2 nitrogen and oxygen atoms in total. The Morgan fingerprint density at radius 1 is 0.867 bits per heavy atom. The van der Waals surface area contributed by atoms with E-state index in [1.165, 1.54) is 0 Å². The number of hydrogen-bond donors (Lipinski definition) is 0. The van der Waals surface area contributed by atoms with Crippen molar-refractivity contribution in [3.8, 4) is 0 Å². The summed E-state index contributed by atoms with van der Waals surface area (Å²) < 4.78 is 0. The summed E-state index contributed by atoms with van der Waals surface area (Å²) in [4.78, 5) is 21.3. The third-order valence-corrected chi connectivity index (χ3v) is 2.08. The number of ketones is 2. The molecule has 0 aromatic rings. The van der Waals surface area contributed by atoms with E-state index < -0.39 is 0 Å². The molecule has 0 amide bonds. The molecule has 0 fully saturated rings. The third kappa shape index (κ3) is 9.64. The predicted molar refractivity (Wildman–Crippen MR) is 64.8 cm³/mol. The van der Waals surface area contributed by atoms with E-state index in [9.17, 15) is 9.59 Å². The fourth-order valence-electron chi connectivity index (χ4n) is 0.866. The number of rotatable bonds is 2. The fourth-order valence-corrected chi connectivity index (χ4v) is 0.866. The molecule has 0 bridgehead atoms. The summed E-state index contributed by atoms with van der Waals surface area (Å²) in [6.45, 7) is 15.1. The van der Waals surface area contributed by atoms with Gasteiger partial charge >= 0.3 is 0 Å². The molecular formula is C13H26O2. The highest BCUT2D eigenvalue weighted by atomic mass is 16.1. The van der Waals surface area contributed by atoms with Crippen molar-refractivity contribution in [3.63, 3.8) is 0 Å². The zero-order chi connectivity index (χ0) is 12.8. The molecule has 0 aliphatic carbocycles. The first-order valence-corrected chi connectivity index (χ1v) is 5.54. The zero-order valence-electron chi connectivity index (χ0n) is 11.5. The maximum atomic E-state index is 11.2. The second-order valence-electron chi connectivity index (χ2n) is 5.53. The molecule has 0 heterocycles. The van der Waals surface area contributed by atoms with Gasteiger partial charge in [-0.15, -0.1) is 0 Å². The summed E-state index contributed by atoms with van der Waals surface area (Å²) in [6.07, 6.45) is 0. The Labute approximate surface area is 94.4 Å². The summed E-state index contributed by atoms with van der Waals surface area (Å²) in [5.74, 6) is 0.979. The van der Waals surface area contributed by atoms with Crippen molar-refractivity contribution in [2.45, 2.75) is 55.4 Å². The zero-order valence-corrected chi connectivity index (χ0v) is 11.5. The summed E-state index contributed by atoms with van der Waals surface area (Å²) in [5.41, 5.74) is -0.159. The van der Waals surface area contributed by atoms with Crippen molar-refractivity contribution in [1.29, 1.82) is 0 Å². The lowest BCUT2D eigenvalue weighted by Crippen LogP contribution is -2.24. The van der Waals surface area contributed by atoms with Crippen LogP contribution in [0.2, 0.25) is 0 Å². The maximum absolute atomic E-state index is 11.2. The fraction of sp³-hybridized carbons (Fsp3) is 0.846. The van der Waals surface area contributed by atoms with Crippen LogP contribution in [0.3, 0.4) is 0 Å². The third-order valence-electron chi connectivity index (χ3n) is 2.08. The van der Waals surface area contributed by atoms with Gasteiger partial charge in [0.05, 0.1) is 0 Å². The van der Waals surface area contributed by atoms with Crippen LogP contribution < -0.4 is 0 Å². The Morgan fingerprint density at radius 2 is 1.13 bits per heavy atom. The van der Waals surface area contributed by atoms with Crippen LogP contribution in [0.4, 0.5) is 0 Å². The topological polar surface area (TPSA) is 34.1 Å². The molecule has 0 saturated carbocycles. The maximum Gasteiger partial charge on any atom is 0.140 e. The van der Waals surface area contributed by atoms with E-state index in [1.54, 1.807) is 6.92 Å². The Hall–Kier alpha value is -0.660. The standard InChI is InChI=1S/C8H16O.C5H10O/c1-6(2)7(9)8(3,4)5;1-4(2)5(3)6/h6H,1-5H3;4H,1-3H3. The van der Waals surface area contributed by atoms with E-state index in [1.807, 2.05) is 48.5 Å². The van der Waals surface area contributed by atoms with Gasteiger partial charge in [-0.3, -0.25) is 9.59 Å². The van der Waals surface area contributed by atoms with Gasteiger partial charge in [0, 0.05) is 17.3 Å². The molecule has 0 saturated heterocycles. The molecule has 0 radical (unpaired) electrons. The van der Waals surface area contributed by atoms with Crippen molar-refractivity contribution in [1.82, 2.24) is 0 Å². The summed E-state index contributed by atoms with van der Waals surface area (Å²) in [5, 5.41) is 0. The molecule has 2 heteroatoms. The predicted octanol–water partition coefficient (Wildman–Crippen LogP) is 3.49. The van der Waals surface area contributed by atoms with E-state index >= 15 is 0 Å². The van der Waals surface area contributed by atoms with Crippen LogP contribution in [-0.2, 0) is 9.59 Å². The van der Waals surface area contributed by atoms with E-state index in [0.29, 0.717) is 5.78 Å². The number of carbonyl (C=O) groups is 2. The van der Waals surface area contributed by atoms with Gasteiger partial charge in [0.15, 0.2) is 0 Å². The number of Topliss-reactive ketones (excluding diaryl/α,β-unsaturated/α-hetero) is 2. The van der Waals surface area contributed by atoms with Crippen molar-refractivity contribution in [2.24, 2.45) is 17.3 Å². The lowest BCUT2D eigenvalue weighted by molar-refractivity contribution is -0.129. The van der Waals surface area contributed by atoms with E-state index in [2.05, 4.69) is 0 Å². The molecule has 0 aromatic carbocycles. The minimum atomic E-state index is -0.159. The molecular weight excluding hydrogens is 188 g/mol. The second-order valence-corrected chi connectivity index (χ2v) is 5.53. The first-order chi connectivity index (χ1) is 6.50. The van der Waals surface area contributed by atoms with Gasteiger partial charge in [0.2, 0.25) is 0 Å². The monoisotopic (exact) mass is 214 g/mol. The normalized spacial score (nSPS) is 11.1. The number of carbonyl (C=O) groups excluding carboxylic acids is 2. The first-order valence-electron chi connectivity index (χ1n) is 5.54. The number of hydrogen-bond acceptors (Lipinski definition) is 2. The van der Waals surface area contributed by atoms with Crippen molar-refractivity contribution in [3.05, 3.63) is 0 Å². The molecule has 90 valence electrons. The Morgan fingerprint density at radius 3 is 1.13 bits per heavy atom. The summed E-state index contributed by atoms with van der Waals surface area (Å²) in [7, 11) is 0. The molecule has 0 aromatic heterocycles. The van der Waals surface area contributed by atoms with Gasteiger partial charge < -0.3 is 0 Å². The molecule has 15 heavy (non-hydrogen) atoms. The van der Waals surface area contributed by atoms with Crippen LogP contribution in [0.15, 0.2) is 0 Å². The van der Waals surface area contributed by atoms with Gasteiger partial charge in [0.25, 0.3) is 0 Å². The summed E-state index contributed by atoms with van der Waals surface area (Å²) in [6, 6.07) is 0. The van der Waals surface area contributed by atoms with Crippen LogP contribution >= 0.6 is 0 Å². The lowest BCUT2D eigenvalue weighted by atomic mass is 9.85. The molecule has 0 rings (SSSR count). The van der Waals surface area contributed by atoms with E-state index in [4.69, 9.17) is 0 Å². The van der Waals surface area contributed by atoms with Crippen molar-refractivity contribution < 1.29 is 9.59 Å². The molecule has 0 atom stereocenters. The van der Waals surface area contributed by atoms with Gasteiger partial charge in [0.1, 0.15) is 11.6 Å². The van der Waals surface area contributed by atoms with E-state index in [0.717, 1.165) is 0 Å². The minimum Gasteiger partial charge on any atom is -0.300 e. The highest BCUT2D eigenvalue weighted by molar-refractivity contribution is 5.85. The van der Waals surface area contributed by atoms with Gasteiger partial charge in [-0.25, -0.2) is 0 Å². The van der Waals surface area contributed by atoms with E-state index in [-0.39, 0.29) is 23.0 Å². The SMILES string of the molecule is CC(=O)C(C)C.CC(C)C(=O)C(C)(C)C. The highest BCUT2D eigenvalue weighted by Gasteiger charge is 2.23. The average Bonchev–Trinajstić information content (AvgIpc) is 2.02. The highest BCUT2D eigenvalue weighted by Crippen LogP contribution is 2.19. The quantitative estimate of drug-likeness (QED) is 0.705. The lowest BCUT2D eigenvalue weighted by Gasteiger charge is -2.18. The average molecular weight is 214 g/mol. The van der Waals surface area contributed by atoms with Crippen molar-refractivity contribution >= 4 is 11.6 Å². The molecule has 0 aliphatic heterocycles. The summed E-state index contributed by atoms with van der Waals surface area (Å²) >= 11 is 0. The van der Waals surface area contributed by atoms with Crippen LogP contribution in [0.5, 0.6) is 0 Å². The van der Waals surface area contributed by atoms with Gasteiger partial charge in [-0.2, -0.15) is 0 Å². The van der Waals surface area contributed by atoms with Gasteiger partial charge in [-0.05, 0) is 6.92 Å². The Bertz CT molecular complexity index is 207. The second kappa shape index (κ2) is 6.76. The van der Waals surface area contributed by atoms with Crippen LogP contribution in [0.25, 0.3) is 0 Å². The molecule has 0 aliphatic rings. The smallest absolute Gasteiger partial charge is 0.140 e. The van der Waals surface area contributed by atoms with Crippen LogP contribution in [0, 0.1) is 17.3 Å². The van der Waals surface area contributed by atoms with Gasteiger partial charge in [-0.1, -0.05) is 48.5 Å². The molecule has 0 spiro atoms.